The zero-order chi connectivity index (χ0) is 23.7. The number of hydrogen-bond acceptors (Lipinski definition) is 5. The van der Waals surface area contributed by atoms with Gasteiger partial charge in [0.2, 0.25) is 5.91 Å². The van der Waals surface area contributed by atoms with Crippen molar-refractivity contribution >= 4 is 18.3 Å². The third-order valence-electron chi connectivity index (χ3n) is 5.62. The van der Waals surface area contributed by atoms with Gasteiger partial charge in [-0.05, 0) is 70.6 Å². The van der Waals surface area contributed by atoms with Gasteiger partial charge < -0.3 is 15.7 Å². The van der Waals surface area contributed by atoms with Crippen molar-refractivity contribution in [1.82, 2.24) is 15.5 Å². The van der Waals surface area contributed by atoms with E-state index in [1.165, 1.54) is 12.8 Å². The van der Waals surface area contributed by atoms with Gasteiger partial charge in [0.1, 0.15) is 0 Å². The summed E-state index contributed by atoms with van der Waals surface area (Å²) in [5.74, 6) is 0.676. The minimum atomic E-state index is -0.250. The van der Waals surface area contributed by atoms with E-state index in [1.54, 1.807) is 24.3 Å². The predicted octanol–water partition coefficient (Wildman–Crippen LogP) is 2.54. The molecular weight excluding hydrogens is 408 g/mol. The highest BCUT2D eigenvalue weighted by Gasteiger charge is 2.38. The van der Waals surface area contributed by atoms with Crippen molar-refractivity contribution in [2.75, 3.05) is 13.1 Å². The molecule has 0 unspecified atom stereocenters. The molecule has 2 fully saturated rings. The van der Waals surface area contributed by atoms with Gasteiger partial charge >= 0.3 is 0 Å². The van der Waals surface area contributed by atoms with Crippen LogP contribution in [0, 0.1) is 17.2 Å². The molecule has 1 aliphatic heterocycles. The van der Waals surface area contributed by atoms with Gasteiger partial charge in [-0.1, -0.05) is 6.07 Å². The molecular formula is C24H34N4O4. The number of likely N-dealkylation sites (tertiary alicyclic amines) is 1. The van der Waals surface area contributed by atoms with Gasteiger partial charge in [-0.3, -0.25) is 19.3 Å². The maximum atomic E-state index is 12.5. The fourth-order valence-corrected chi connectivity index (χ4v) is 4.08. The summed E-state index contributed by atoms with van der Waals surface area (Å²) in [5.41, 5.74) is 0.776. The molecule has 2 amide bonds. The number of benzene rings is 1. The molecule has 1 heterocycles. The Morgan fingerprint density at radius 3 is 2.47 bits per heavy atom. The lowest BCUT2D eigenvalue weighted by molar-refractivity contribution is -0.124. The second kappa shape index (κ2) is 11.6. The number of carbonyl (C=O) groups is 3. The summed E-state index contributed by atoms with van der Waals surface area (Å²) in [5, 5.41) is 22.0. The molecule has 0 aromatic heterocycles. The first-order valence-corrected chi connectivity index (χ1v) is 11.1. The van der Waals surface area contributed by atoms with E-state index in [0.29, 0.717) is 24.1 Å². The molecule has 1 saturated carbocycles. The van der Waals surface area contributed by atoms with Gasteiger partial charge in [0.05, 0.1) is 11.6 Å². The van der Waals surface area contributed by atoms with Crippen LogP contribution < -0.4 is 10.6 Å². The monoisotopic (exact) mass is 442 g/mol. The Bertz CT molecular complexity index is 839. The molecule has 32 heavy (non-hydrogen) atoms. The van der Waals surface area contributed by atoms with Crippen LogP contribution in [-0.2, 0) is 9.59 Å². The predicted molar refractivity (Wildman–Crippen MR) is 121 cm³/mol. The highest BCUT2D eigenvalue weighted by molar-refractivity contribution is 5.94. The normalized spacial score (nSPS) is 20.4. The molecule has 0 bridgehead atoms. The molecule has 1 aromatic carbocycles. The van der Waals surface area contributed by atoms with Gasteiger partial charge in [0, 0.05) is 42.7 Å². The number of rotatable bonds is 7. The van der Waals surface area contributed by atoms with E-state index in [4.69, 9.17) is 15.2 Å². The van der Waals surface area contributed by atoms with Gasteiger partial charge in [-0.25, -0.2) is 0 Å². The van der Waals surface area contributed by atoms with E-state index in [0.717, 1.165) is 25.3 Å². The third-order valence-corrected chi connectivity index (χ3v) is 5.62. The number of carbonyl (C=O) groups excluding carboxylic acids is 2. The average molecular weight is 443 g/mol. The molecule has 0 spiro atoms. The van der Waals surface area contributed by atoms with Crippen LogP contribution in [0.25, 0.3) is 0 Å². The summed E-state index contributed by atoms with van der Waals surface area (Å²) in [4.78, 5) is 35.8. The van der Waals surface area contributed by atoms with Crippen molar-refractivity contribution in [3.05, 3.63) is 35.4 Å². The molecule has 2 aliphatic rings. The zero-order valence-electron chi connectivity index (χ0n) is 19.1. The van der Waals surface area contributed by atoms with Crippen molar-refractivity contribution in [2.24, 2.45) is 5.92 Å². The van der Waals surface area contributed by atoms with Crippen LogP contribution in [0.15, 0.2) is 24.3 Å². The van der Waals surface area contributed by atoms with E-state index in [1.807, 2.05) is 20.8 Å². The van der Waals surface area contributed by atoms with Crippen LogP contribution in [0.2, 0.25) is 0 Å². The smallest absolute Gasteiger partial charge is 0.290 e. The summed E-state index contributed by atoms with van der Waals surface area (Å²) >= 11 is 0. The van der Waals surface area contributed by atoms with Crippen molar-refractivity contribution in [1.29, 1.82) is 5.26 Å². The van der Waals surface area contributed by atoms with E-state index >= 15 is 0 Å². The first kappa shape index (κ1) is 25.3. The van der Waals surface area contributed by atoms with Crippen molar-refractivity contribution in [2.45, 2.75) is 70.5 Å². The van der Waals surface area contributed by atoms with E-state index in [2.05, 4.69) is 21.6 Å². The summed E-state index contributed by atoms with van der Waals surface area (Å²) in [6.45, 7) is 7.33. The molecule has 8 heteroatoms. The number of amides is 2. The number of nitrogens with zero attached hydrogens (tertiary/aromatic N) is 2. The molecule has 0 radical (unpaired) electrons. The van der Waals surface area contributed by atoms with Crippen molar-refractivity contribution in [3.8, 4) is 6.07 Å². The van der Waals surface area contributed by atoms with Crippen LogP contribution in [0.1, 0.15) is 68.8 Å². The first-order valence-electron chi connectivity index (χ1n) is 11.1. The molecule has 1 saturated heterocycles. The highest BCUT2D eigenvalue weighted by Crippen LogP contribution is 2.35. The largest absolute Gasteiger partial charge is 0.483 e. The minimum Gasteiger partial charge on any atom is -0.483 e. The topological polar surface area (TPSA) is 123 Å². The fourth-order valence-electron chi connectivity index (χ4n) is 4.08. The number of carboxylic acid groups (broad SMARTS) is 1. The van der Waals surface area contributed by atoms with Crippen molar-refractivity contribution < 1.29 is 19.5 Å². The Morgan fingerprint density at radius 2 is 1.88 bits per heavy atom. The maximum absolute atomic E-state index is 12.5. The van der Waals surface area contributed by atoms with Crippen molar-refractivity contribution in [3.63, 3.8) is 0 Å². The summed E-state index contributed by atoms with van der Waals surface area (Å²) in [6, 6.07) is 9.33. The molecule has 8 nitrogen and oxygen atoms in total. The molecule has 1 aromatic rings. The Kier molecular flexibility index (Phi) is 9.21. The lowest BCUT2D eigenvalue weighted by atomic mass is 10.1. The summed E-state index contributed by atoms with van der Waals surface area (Å²) < 4.78 is 0. The Balaban J connectivity index is 0.00000114. The van der Waals surface area contributed by atoms with Gasteiger partial charge in [0.25, 0.3) is 12.4 Å². The van der Waals surface area contributed by atoms with Crippen LogP contribution >= 0.6 is 0 Å². The van der Waals surface area contributed by atoms with E-state index < -0.39 is 0 Å². The third kappa shape index (κ3) is 8.31. The second-order valence-corrected chi connectivity index (χ2v) is 9.54. The average Bonchev–Trinajstić information content (AvgIpc) is 3.47. The minimum absolute atomic E-state index is 0.0984. The zero-order valence-corrected chi connectivity index (χ0v) is 19.1. The van der Waals surface area contributed by atoms with Gasteiger partial charge in [0.15, 0.2) is 0 Å². The van der Waals surface area contributed by atoms with Crippen LogP contribution in [0.5, 0.6) is 0 Å². The van der Waals surface area contributed by atoms with Crippen LogP contribution in [-0.4, -0.2) is 59.0 Å². The van der Waals surface area contributed by atoms with Gasteiger partial charge in [-0.15, -0.1) is 0 Å². The molecule has 2 atom stereocenters. The fraction of sp³-hybridized carbons (Fsp3) is 0.583. The Labute approximate surface area is 190 Å². The standard InChI is InChI=1S/C23H32N4O2.CH2O2/c1-23(2,3)26-21(28)12-19-9-10-20(27(19)15-16-7-8-16)14-25-22(29)18-6-4-5-17(11-18)13-24;2-1-3/h4-6,11,16,19-20H,7-10,12,14-15H2,1-3H3,(H,25,29)(H,26,28);1H,(H,2,3)/t19-,20+;/m1./s1. The lowest BCUT2D eigenvalue weighted by Crippen LogP contribution is -2.47. The molecule has 3 rings (SSSR count). The maximum Gasteiger partial charge on any atom is 0.290 e. The van der Waals surface area contributed by atoms with Crippen LogP contribution in [0.4, 0.5) is 0 Å². The van der Waals surface area contributed by atoms with Gasteiger partial charge in [-0.2, -0.15) is 5.26 Å². The number of hydrogen-bond donors (Lipinski definition) is 3. The number of nitrogens with one attached hydrogen (secondary N) is 2. The number of nitriles is 1. The SMILES string of the molecule is CC(C)(C)NC(=O)C[C@H]1CC[C@@H](CNC(=O)c2cccc(C#N)c2)N1CC1CC1.O=CO. The quantitative estimate of drug-likeness (QED) is 0.558. The second-order valence-electron chi connectivity index (χ2n) is 9.54. The van der Waals surface area contributed by atoms with E-state index in [-0.39, 0.29) is 35.9 Å². The Morgan fingerprint density at radius 1 is 1.22 bits per heavy atom. The highest BCUT2D eigenvalue weighted by atomic mass is 16.3. The van der Waals surface area contributed by atoms with Crippen LogP contribution in [0.3, 0.4) is 0 Å². The molecule has 174 valence electrons. The van der Waals surface area contributed by atoms with E-state index in [9.17, 15) is 9.59 Å². The molecule has 1 aliphatic carbocycles. The molecule has 3 N–H and O–H groups in total. The summed E-state index contributed by atoms with van der Waals surface area (Å²) in [6.07, 6.45) is 5.00. The lowest BCUT2D eigenvalue weighted by Gasteiger charge is -2.31. The Hall–Kier alpha value is -2.92. The summed E-state index contributed by atoms with van der Waals surface area (Å²) in [7, 11) is 0. The first-order chi connectivity index (χ1) is 15.2.